The summed E-state index contributed by atoms with van der Waals surface area (Å²) in [7, 11) is 0. The predicted molar refractivity (Wildman–Crippen MR) is 96.8 cm³/mol. The van der Waals surface area contributed by atoms with Crippen LogP contribution in [-0.4, -0.2) is 36.0 Å². The fourth-order valence-corrected chi connectivity index (χ4v) is 3.34. The summed E-state index contributed by atoms with van der Waals surface area (Å²) in [6.07, 6.45) is 0. The highest BCUT2D eigenvalue weighted by Crippen LogP contribution is 2.30. The van der Waals surface area contributed by atoms with Gasteiger partial charge in [0.05, 0.1) is 15.6 Å². The molecule has 2 aromatic carbocycles. The first-order chi connectivity index (χ1) is 11.5. The van der Waals surface area contributed by atoms with Crippen molar-refractivity contribution in [3.8, 4) is 0 Å². The van der Waals surface area contributed by atoms with Crippen LogP contribution in [0.25, 0.3) is 0 Å². The van der Waals surface area contributed by atoms with Crippen LogP contribution in [0.15, 0.2) is 42.5 Å². The number of nitro benzene ring substituents is 1. The van der Waals surface area contributed by atoms with Gasteiger partial charge in [-0.2, -0.15) is 0 Å². The molecular weight excluding hydrogens is 326 g/mol. The van der Waals surface area contributed by atoms with Gasteiger partial charge in [-0.05, 0) is 24.1 Å². The summed E-state index contributed by atoms with van der Waals surface area (Å²) in [5, 5.41) is 11.3. The molecule has 3 rings (SSSR count). The molecule has 0 bridgehead atoms. The second-order valence-corrected chi connectivity index (χ2v) is 6.49. The number of piperazine rings is 1. The lowest BCUT2D eigenvalue weighted by Gasteiger charge is -2.36. The van der Waals surface area contributed by atoms with Crippen LogP contribution >= 0.6 is 11.6 Å². The maximum absolute atomic E-state index is 10.8. The number of anilines is 1. The Morgan fingerprint density at radius 2 is 1.83 bits per heavy atom. The molecule has 0 N–H and O–H groups in total. The molecule has 1 aliphatic heterocycles. The second kappa shape index (κ2) is 7.20. The first-order valence-electron chi connectivity index (χ1n) is 8.00. The van der Waals surface area contributed by atoms with E-state index in [1.165, 1.54) is 23.3 Å². The van der Waals surface area contributed by atoms with Crippen molar-refractivity contribution in [1.82, 2.24) is 4.90 Å². The Labute approximate surface area is 146 Å². The van der Waals surface area contributed by atoms with Gasteiger partial charge < -0.3 is 4.90 Å². The van der Waals surface area contributed by atoms with E-state index in [1.54, 1.807) is 6.07 Å². The van der Waals surface area contributed by atoms with Gasteiger partial charge in [0.2, 0.25) is 0 Å². The van der Waals surface area contributed by atoms with Crippen LogP contribution in [0.1, 0.15) is 11.1 Å². The number of nitrogens with zero attached hydrogens (tertiary/aromatic N) is 3. The van der Waals surface area contributed by atoms with E-state index in [2.05, 4.69) is 41.0 Å². The van der Waals surface area contributed by atoms with E-state index in [-0.39, 0.29) is 5.69 Å². The first kappa shape index (κ1) is 16.7. The third-order valence-electron chi connectivity index (χ3n) is 4.51. The van der Waals surface area contributed by atoms with Crippen LogP contribution in [0.2, 0.25) is 5.02 Å². The van der Waals surface area contributed by atoms with E-state index in [0.717, 1.165) is 38.4 Å². The normalized spacial score (nSPS) is 15.5. The van der Waals surface area contributed by atoms with Gasteiger partial charge in [-0.15, -0.1) is 0 Å². The van der Waals surface area contributed by atoms with Gasteiger partial charge in [0.1, 0.15) is 0 Å². The Bertz CT molecular complexity index is 743. The molecule has 0 amide bonds. The van der Waals surface area contributed by atoms with E-state index in [0.29, 0.717) is 5.02 Å². The Kier molecular flexibility index (Phi) is 5.02. The van der Waals surface area contributed by atoms with Crippen molar-refractivity contribution >= 4 is 23.0 Å². The molecule has 1 saturated heterocycles. The fraction of sp³-hybridized carbons (Fsp3) is 0.333. The number of aryl methyl sites for hydroxylation is 1. The van der Waals surface area contributed by atoms with Crippen LogP contribution in [0.3, 0.4) is 0 Å². The van der Waals surface area contributed by atoms with Gasteiger partial charge >= 0.3 is 0 Å². The van der Waals surface area contributed by atoms with Crippen LogP contribution in [-0.2, 0) is 6.54 Å². The highest BCUT2D eigenvalue weighted by molar-refractivity contribution is 6.33. The van der Waals surface area contributed by atoms with Crippen LogP contribution in [0.5, 0.6) is 0 Å². The van der Waals surface area contributed by atoms with E-state index < -0.39 is 4.92 Å². The Hall–Kier alpha value is -2.11. The molecule has 0 aromatic heterocycles. The maximum atomic E-state index is 10.8. The second-order valence-electron chi connectivity index (χ2n) is 6.08. The van der Waals surface area contributed by atoms with E-state index in [1.807, 2.05) is 0 Å². The molecular formula is C18H20ClN3O2. The summed E-state index contributed by atoms with van der Waals surface area (Å²) < 4.78 is 0. The third kappa shape index (κ3) is 3.68. The number of non-ortho nitro benzene ring substituents is 1. The Morgan fingerprint density at radius 1 is 1.12 bits per heavy atom. The average molecular weight is 346 g/mol. The molecule has 2 aromatic rings. The predicted octanol–water partition coefficient (Wildman–Crippen LogP) is 3.88. The van der Waals surface area contributed by atoms with Crippen LogP contribution in [0, 0.1) is 17.0 Å². The minimum Gasteiger partial charge on any atom is -0.368 e. The molecule has 0 atom stereocenters. The van der Waals surface area contributed by atoms with Gasteiger partial charge in [0, 0.05) is 44.9 Å². The average Bonchev–Trinajstić information content (AvgIpc) is 2.58. The molecule has 6 heteroatoms. The number of benzene rings is 2. The number of halogens is 1. The molecule has 0 spiro atoms. The topological polar surface area (TPSA) is 49.6 Å². The van der Waals surface area contributed by atoms with E-state index in [9.17, 15) is 10.1 Å². The van der Waals surface area contributed by atoms with Crippen molar-refractivity contribution in [2.75, 3.05) is 31.1 Å². The zero-order chi connectivity index (χ0) is 17.1. The lowest BCUT2D eigenvalue weighted by atomic mass is 10.1. The largest absolute Gasteiger partial charge is 0.368 e. The standard InChI is InChI=1S/C18H20ClN3O2/c1-14-4-2-3-5-15(14)13-20-8-10-21(11-9-20)18-7-6-16(22(23)24)12-17(18)19/h2-7,12H,8-11,13H2,1H3. The van der Waals surface area contributed by atoms with Gasteiger partial charge in [-0.1, -0.05) is 35.9 Å². The zero-order valence-corrected chi connectivity index (χ0v) is 14.4. The van der Waals surface area contributed by atoms with Gasteiger partial charge in [-0.3, -0.25) is 15.0 Å². The highest BCUT2D eigenvalue weighted by Gasteiger charge is 2.20. The van der Waals surface area contributed by atoms with E-state index >= 15 is 0 Å². The number of rotatable bonds is 4. The van der Waals surface area contributed by atoms with Gasteiger partial charge in [-0.25, -0.2) is 0 Å². The summed E-state index contributed by atoms with van der Waals surface area (Å²) in [4.78, 5) is 15.0. The molecule has 0 saturated carbocycles. The SMILES string of the molecule is Cc1ccccc1CN1CCN(c2ccc([N+](=O)[O-])cc2Cl)CC1. The fourth-order valence-electron chi connectivity index (χ4n) is 3.04. The molecule has 0 radical (unpaired) electrons. The van der Waals surface area contributed by atoms with E-state index in [4.69, 9.17) is 11.6 Å². The van der Waals surface area contributed by atoms with Crippen LogP contribution in [0.4, 0.5) is 11.4 Å². The summed E-state index contributed by atoms with van der Waals surface area (Å²) in [6, 6.07) is 13.1. The lowest BCUT2D eigenvalue weighted by molar-refractivity contribution is -0.384. The third-order valence-corrected chi connectivity index (χ3v) is 4.81. The number of hydrogen-bond donors (Lipinski definition) is 0. The van der Waals surface area contributed by atoms with Crippen molar-refractivity contribution in [3.63, 3.8) is 0 Å². The molecule has 0 aliphatic carbocycles. The lowest BCUT2D eigenvalue weighted by Crippen LogP contribution is -2.46. The molecule has 0 unspecified atom stereocenters. The molecule has 24 heavy (non-hydrogen) atoms. The summed E-state index contributed by atoms with van der Waals surface area (Å²) >= 11 is 6.23. The van der Waals surface area contributed by atoms with Crippen molar-refractivity contribution in [3.05, 3.63) is 68.7 Å². The minimum absolute atomic E-state index is 0.0296. The maximum Gasteiger partial charge on any atom is 0.271 e. The quantitative estimate of drug-likeness (QED) is 0.623. The summed E-state index contributed by atoms with van der Waals surface area (Å²) in [5.41, 5.74) is 3.58. The minimum atomic E-state index is -0.421. The Morgan fingerprint density at radius 3 is 2.46 bits per heavy atom. The summed E-state index contributed by atoms with van der Waals surface area (Å²) in [6.45, 7) is 6.72. The smallest absolute Gasteiger partial charge is 0.271 e. The molecule has 126 valence electrons. The zero-order valence-electron chi connectivity index (χ0n) is 13.6. The van der Waals surface area contributed by atoms with Crippen LogP contribution < -0.4 is 4.90 Å². The first-order valence-corrected chi connectivity index (χ1v) is 8.38. The van der Waals surface area contributed by atoms with Crippen molar-refractivity contribution in [1.29, 1.82) is 0 Å². The van der Waals surface area contributed by atoms with Crippen molar-refractivity contribution < 1.29 is 4.92 Å². The molecule has 5 nitrogen and oxygen atoms in total. The van der Waals surface area contributed by atoms with Crippen molar-refractivity contribution in [2.45, 2.75) is 13.5 Å². The molecule has 1 heterocycles. The number of nitro groups is 1. The Balaban J connectivity index is 1.63. The van der Waals surface area contributed by atoms with Gasteiger partial charge in [0.25, 0.3) is 5.69 Å². The number of hydrogen-bond acceptors (Lipinski definition) is 4. The monoisotopic (exact) mass is 345 g/mol. The van der Waals surface area contributed by atoms with Gasteiger partial charge in [0.15, 0.2) is 0 Å². The molecule has 1 aliphatic rings. The van der Waals surface area contributed by atoms with Crippen molar-refractivity contribution in [2.24, 2.45) is 0 Å². The summed E-state index contributed by atoms with van der Waals surface area (Å²) in [5.74, 6) is 0. The molecule has 1 fully saturated rings. The highest BCUT2D eigenvalue weighted by atomic mass is 35.5.